The zero-order chi connectivity index (χ0) is 29.5. The molecule has 2 heterocycles. The van der Waals surface area contributed by atoms with Gasteiger partial charge < -0.3 is 19.9 Å². The molecule has 2 saturated heterocycles. The minimum atomic E-state index is -0.764. The van der Waals surface area contributed by atoms with E-state index in [9.17, 15) is 23.2 Å². The summed E-state index contributed by atoms with van der Waals surface area (Å²) >= 11 is 0. The molecule has 0 spiro atoms. The summed E-state index contributed by atoms with van der Waals surface area (Å²) in [5.74, 6) is -1.38. The Morgan fingerprint density at radius 1 is 0.951 bits per heavy atom. The summed E-state index contributed by atoms with van der Waals surface area (Å²) in [5.41, 5.74) is 1.28. The summed E-state index contributed by atoms with van der Waals surface area (Å²) in [7, 11) is 3.19. The Bertz CT molecular complexity index is 1350. The van der Waals surface area contributed by atoms with Crippen molar-refractivity contribution in [2.45, 2.75) is 26.2 Å². The van der Waals surface area contributed by atoms with E-state index in [4.69, 9.17) is 4.74 Å². The second kappa shape index (κ2) is 13.2. The van der Waals surface area contributed by atoms with Crippen LogP contribution in [0.25, 0.3) is 0 Å². The fraction of sp³-hybridized carbons (Fsp3) is 0.300. The minimum absolute atomic E-state index is 0.0132. The number of carbonyl (C=O) groups excluding carboxylic acids is 3. The molecule has 3 aromatic rings. The van der Waals surface area contributed by atoms with Gasteiger partial charge in [0.15, 0.2) is 0 Å². The largest absolute Gasteiger partial charge is 0.497 e. The molecule has 4 amide bonds. The topological polar surface area (TPSA) is 85.4 Å². The molecule has 1 atom stereocenters. The number of piperazine rings is 1. The summed E-state index contributed by atoms with van der Waals surface area (Å²) in [4.78, 5) is 41.3. The number of halogens is 2. The highest BCUT2D eigenvalue weighted by atomic mass is 19.1. The molecule has 1 N–H and O–H groups in total. The van der Waals surface area contributed by atoms with Gasteiger partial charge in [-0.05, 0) is 36.2 Å². The molecule has 2 aliphatic heterocycles. The number of fused-ring (bicyclic) bond motifs is 1. The van der Waals surface area contributed by atoms with Crippen LogP contribution >= 0.6 is 0 Å². The van der Waals surface area contributed by atoms with Crippen LogP contribution in [0.15, 0.2) is 72.8 Å². The lowest BCUT2D eigenvalue weighted by Crippen LogP contribution is -2.73. The third kappa shape index (κ3) is 7.17. The van der Waals surface area contributed by atoms with Crippen molar-refractivity contribution >= 4 is 17.8 Å². The number of amides is 4. The summed E-state index contributed by atoms with van der Waals surface area (Å²) in [5, 5.41) is 5.75. The molecule has 9 nitrogen and oxygen atoms in total. The van der Waals surface area contributed by atoms with Crippen molar-refractivity contribution in [3.05, 3.63) is 101 Å². The number of aryl methyl sites for hydroxylation is 1. The van der Waals surface area contributed by atoms with Crippen molar-refractivity contribution in [2.75, 3.05) is 33.8 Å². The summed E-state index contributed by atoms with van der Waals surface area (Å²) in [6.45, 7) is 1.35. The highest BCUT2D eigenvalue weighted by molar-refractivity contribution is 5.89. The fourth-order valence-electron chi connectivity index (χ4n) is 4.68. The van der Waals surface area contributed by atoms with E-state index in [0.717, 1.165) is 11.6 Å². The van der Waals surface area contributed by atoms with Gasteiger partial charge in [0.05, 0.1) is 20.2 Å². The van der Waals surface area contributed by atoms with E-state index in [1.165, 1.54) is 32.8 Å². The third-order valence-corrected chi connectivity index (χ3v) is 6.90. The van der Waals surface area contributed by atoms with Crippen molar-refractivity contribution in [3.8, 4) is 5.75 Å². The molecular weight excluding hydrogens is 532 g/mol. The summed E-state index contributed by atoms with van der Waals surface area (Å²) in [6.07, 6.45) is -0.764. The Morgan fingerprint density at radius 3 is 2.20 bits per heavy atom. The van der Waals surface area contributed by atoms with Gasteiger partial charge in [-0.1, -0.05) is 48.5 Å². The van der Waals surface area contributed by atoms with Gasteiger partial charge in [0, 0.05) is 31.8 Å². The lowest BCUT2D eigenvalue weighted by molar-refractivity contribution is -0.178. The minimum Gasteiger partial charge on any atom is -0.497 e. The normalized spacial score (nSPS) is 17.0. The molecule has 0 aliphatic carbocycles. The predicted octanol–water partition coefficient (Wildman–Crippen LogP) is 3.54. The van der Waals surface area contributed by atoms with Crippen LogP contribution in [-0.2, 0) is 22.7 Å². The molecule has 11 heteroatoms. The number of urea groups is 1. The molecule has 5 rings (SSSR count). The van der Waals surface area contributed by atoms with Gasteiger partial charge in [0.2, 0.25) is 11.8 Å². The second-order valence-electron chi connectivity index (χ2n) is 9.79. The third-order valence-electron chi connectivity index (χ3n) is 6.90. The first-order chi connectivity index (χ1) is 19.7. The van der Waals surface area contributed by atoms with Crippen LogP contribution in [-0.4, -0.2) is 77.6 Å². The van der Waals surface area contributed by atoms with E-state index in [-0.39, 0.29) is 55.7 Å². The maximum Gasteiger partial charge on any atom is 0.334 e. The summed E-state index contributed by atoms with van der Waals surface area (Å²) in [6, 6.07) is 20.9. The maximum atomic E-state index is 14.4. The number of carbonyl (C=O) groups is 3. The first kappa shape index (κ1) is 29.5. The van der Waals surface area contributed by atoms with Crippen LogP contribution in [0.4, 0.5) is 13.6 Å². The van der Waals surface area contributed by atoms with Crippen molar-refractivity contribution in [3.63, 3.8) is 0 Å². The lowest BCUT2D eigenvalue weighted by atomic mass is 10.1. The van der Waals surface area contributed by atoms with Crippen LogP contribution in [0.3, 0.4) is 0 Å². The zero-order valence-electron chi connectivity index (χ0n) is 23.2. The SMILES string of the molecule is COc1ccc(CNC(=O)N2C3CN(Cc4cc(C)c(F)cc4F)C(=O)CN3C(=O)CN2C)cc1.c1ccccc1. The van der Waals surface area contributed by atoms with Gasteiger partial charge in [-0.2, -0.15) is 0 Å². The highest BCUT2D eigenvalue weighted by Crippen LogP contribution is 2.24. The van der Waals surface area contributed by atoms with E-state index < -0.39 is 23.8 Å². The van der Waals surface area contributed by atoms with Crippen LogP contribution in [0, 0.1) is 18.6 Å². The Balaban J connectivity index is 0.000000572. The van der Waals surface area contributed by atoms with Crippen molar-refractivity contribution in [1.82, 2.24) is 25.1 Å². The number of benzene rings is 3. The molecule has 2 aliphatic rings. The molecule has 1 unspecified atom stereocenters. The zero-order valence-corrected chi connectivity index (χ0v) is 23.2. The monoisotopic (exact) mass is 565 g/mol. The predicted molar refractivity (Wildman–Crippen MR) is 148 cm³/mol. The first-order valence-electron chi connectivity index (χ1n) is 13.1. The number of ether oxygens (including phenoxy) is 1. The second-order valence-corrected chi connectivity index (χ2v) is 9.79. The van der Waals surface area contributed by atoms with E-state index in [2.05, 4.69) is 5.32 Å². The van der Waals surface area contributed by atoms with Gasteiger partial charge >= 0.3 is 6.03 Å². The number of rotatable bonds is 5. The number of hydrogen-bond donors (Lipinski definition) is 1. The van der Waals surface area contributed by atoms with E-state index >= 15 is 0 Å². The van der Waals surface area contributed by atoms with Gasteiger partial charge in [-0.3, -0.25) is 9.59 Å². The van der Waals surface area contributed by atoms with E-state index in [1.807, 2.05) is 48.5 Å². The maximum absolute atomic E-state index is 14.4. The Labute approximate surface area is 237 Å². The number of hydrogen-bond acceptors (Lipinski definition) is 5. The molecular formula is C30H33F2N5O4. The fourth-order valence-corrected chi connectivity index (χ4v) is 4.68. The molecule has 0 aromatic heterocycles. The molecule has 2 fully saturated rings. The summed E-state index contributed by atoms with van der Waals surface area (Å²) < 4.78 is 33.2. The molecule has 0 radical (unpaired) electrons. The smallest absolute Gasteiger partial charge is 0.334 e. The van der Waals surface area contributed by atoms with Gasteiger partial charge in [-0.25, -0.2) is 23.6 Å². The molecule has 0 bridgehead atoms. The Hall–Kier alpha value is -4.51. The standard InChI is InChI=1S/C24H27F2N5O4.C6H6/c1-15-8-17(20(26)9-19(15)25)11-29-12-21-30(14-22(29)32)23(33)13-28(2)31(21)24(34)27-10-16-4-6-18(35-3)7-5-16;1-2-4-6-5-3-1/h4-9,21H,10-14H2,1-3H3,(H,27,34);1-6H. The molecule has 41 heavy (non-hydrogen) atoms. The first-order valence-corrected chi connectivity index (χ1v) is 13.1. The van der Waals surface area contributed by atoms with E-state index in [0.29, 0.717) is 5.75 Å². The molecule has 3 aromatic carbocycles. The Kier molecular flexibility index (Phi) is 9.51. The van der Waals surface area contributed by atoms with Crippen LogP contribution in [0.1, 0.15) is 16.7 Å². The van der Waals surface area contributed by atoms with Gasteiger partial charge in [0.25, 0.3) is 0 Å². The molecule has 216 valence electrons. The number of methoxy groups -OCH3 is 1. The van der Waals surface area contributed by atoms with Crippen molar-refractivity contribution in [2.24, 2.45) is 0 Å². The molecule has 0 saturated carbocycles. The van der Waals surface area contributed by atoms with Crippen LogP contribution in [0.5, 0.6) is 5.75 Å². The highest BCUT2D eigenvalue weighted by Gasteiger charge is 2.45. The quantitative estimate of drug-likeness (QED) is 0.512. The van der Waals surface area contributed by atoms with Crippen LogP contribution in [0.2, 0.25) is 0 Å². The average molecular weight is 566 g/mol. The van der Waals surface area contributed by atoms with E-state index in [1.54, 1.807) is 26.3 Å². The number of nitrogens with one attached hydrogen (secondary N) is 1. The van der Waals surface area contributed by atoms with Crippen molar-refractivity contribution < 1.29 is 27.9 Å². The van der Waals surface area contributed by atoms with Crippen molar-refractivity contribution in [1.29, 1.82) is 0 Å². The average Bonchev–Trinajstić information content (AvgIpc) is 2.97. The number of nitrogens with zero attached hydrogens (tertiary/aromatic N) is 4. The number of hydrazine groups is 1. The van der Waals surface area contributed by atoms with Gasteiger partial charge in [0.1, 0.15) is 30.1 Å². The Morgan fingerprint density at radius 2 is 1.59 bits per heavy atom. The lowest BCUT2D eigenvalue weighted by Gasteiger charge is -2.51. The van der Waals surface area contributed by atoms with Gasteiger partial charge in [-0.15, -0.1) is 0 Å². The van der Waals surface area contributed by atoms with Crippen LogP contribution < -0.4 is 10.1 Å². The number of likely N-dealkylation sites (N-methyl/N-ethyl adjacent to an activating group) is 1.